The van der Waals surface area contributed by atoms with Crippen LogP contribution >= 0.6 is 11.3 Å². The molecule has 1 aliphatic heterocycles. The Morgan fingerprint density at radius 2 is 2.16 bits per heavy atom. The molecule has 0 amide bonds. The van der Waals surface area contributed by atoms with Crippen LogP contribution in [0.3, 0.4) is 0 Å². The van der Waals surface area contributed by atoms with E-state index in [-0.39, 0.29) is 0 Å². The van der Waals surface area contributed by atoms with Gasteiger partial charge in [-0.25, -0.2) is 9.97 Å². The van der Waals surface area contributed by atoms with E-state index < -0.39 is 12.0 Å². The summed E-state index contributed by atoms with van der Waals surface area (Å²) in [6, 6.07) is 4.01. The second-order valence-corrected chi connectivity index (χ2v) is 6.82. The molecule has 0 unspecified atom stereocenters. The van der Waals surface area contributed by atoms with Crippen molar-refractivity contribution in [1.82, 2.24) is 25.1 Å². The lowest BCUT2D eigenvalue weighted by Crippen LogP contribution is -2.31. The van der Waals surface area contributed by atoms with Gasteiger partial charge < -0.3 is 0 Å². The smallest absolute Gasteiger partial charge is 0.294 e. The maximum atomic E-state index is 12.7. The zero-order valence-electron chi connectivity index (χ0n) is 13.0. The Bertz CT molecular complexity index is 872. The molecule has 130 valence electrons. The first-order valence-electron chi connectivity index (χ1n) is 7.71. The maximum Gasteiger partial charge on any atom is 0.451 e. The number of fused-ring (bicyclic) bond motifs is 1. The number of rotatable bonds is 3. The van der Waals surface area contributed by atoms with Crippen molar-refractivity contribution in [3.8, 4) is 10.6 Å². The van der Waals surface area contributed by atoms with Gasteiger partial charge in [-0.15, -0.1) is 11.3 Å². The molecule has 0 radical (unpaired) electrons. The fourth-order valence-electron chi connectivity index (χ4n) is 2.95. The Morgan fingerprint density at radius 1 is 1.28 bits per heavy atom. The maximum absolute atomic E-state index is 12.7. The highest BCUT2D eigenvalue weighted by Gasteiger charge is 2.35. The first-order valence-corrected chi connectivity index (χ1v) is 8.59. The molecule has 1 aliphatic rings. The Labute approximate surface area is 145 Å². The lowest BCUT2D eigenvalue weighted by atomic mass is 10.1. The van der Waals surface area contributed by atoms with Crippen molar-refractivity contribution in [2.75, 3.05) is 6.54 Å². The molecule has 0 saturated carbocycles. The minimum Gasteiger partial charge on any atom is -0.294 e. The molecule has 25 heavy (non-hydrogen) atoms. The fourth-order valence-corrected chi connectivity index (χ4v) is 3.71. The minimum atomic E-state index is -4.50. The molecule has 4 rings (SSSR count). The normalized spacial score (nSPS) is 15.3. The van der Waals surface area contributed by atoms with Gasteiger partial charge >= 0.3 is 6.18 Å². The standard InChI is InChI=1S/C16H14F3N5S/c17-16(18,19)15-20-6-10-8-24(4-3-12(10)22-15)9-11-7-21-23-14(11)13-2-1-5-25-13/h1-2,5-7H,3-4,8-9H2,(H,21,23). The summed E-state index contributed by atoms with van der Waals surface area (Å²) in [5, 5.41) is 9.16. The topological polar surface area (TPSA) is 57.7 Å². The van der Waals surface area contributed by atoms with Gasteiger partial charge in [-0.2, -0.15) is 18.3 Å². The number of nitrogens with zero attached hydrogens (tertiary/aromatic N) is 4. The van der Waals surface area contributed by atoms with Gasteiger partial charge in [-0.1, -0.05) is 6.07 Å². The molecule has 3 aromatic heterocycles. The van der Waals surface area contributed by atoms with E-state index in [2.05, 4.69) is 25.1 Å². The van der Waals surface area contributed by atoms with Gasteiger partial charge in [0.15, 0.2) is 0 Å². The van der Waals surface area contributed by atoms with Crippen LogP contribution in [0.1, 0.15) is 22.6 Å². The van der Waals surface area contributed by atoms with Gasteiger partial charge in [0, 0.05) is 43.4 Å². The molecule has 0 saturated heterocycles. The molecule has 1 N–H and O–H groups in total. The van der Waals surface area contributed by atoms with Crippen LogP contribution in [0.4, 0.5) is 13.2 Å². The number of aromatic amines is 1. The monoisotopic (exact) mass is 365 g/mol. The highest BCUT2D eigenvalue weighted by molar-refractivity contribution is 7.13. The Balaban J connectivity index is 1.52. The summed E-state index contributed by atoms with van der Waals surface area (Å²) in [6.07, 6.45) is -0.924. The summed E-state index contributed by atoms with van der Waals surface area (Å²) in [6.45, 7) is 1.85. The van der Waals surface area contributed by atoms with Crippen molar-refractivity contribution >= 4 is 11.3 Å². The van der Waals surface area contributed by atoms with Crippen LogP contribution in [-0.2, 0) is 25.7 Å². The number of halogens is 3. The zero-order valence-corrected chi connectivity index (χ0v) is 13.9. The molecular weight excluding hydrogens is 351 g/mol. The molecule has 0 atom stereocenters. The Hall–Kier alpha value is -2.26. The predicted molar refractivity (Wildman–Crippen MR) is 86.8 cm³/mol. The van der Waals surface area contributed by atoms with E-state index in [1.165, 1.54) is 6.20 Å². The summed E-state index contributed by atoms with van der Waals surface area (Å²) >= 11 is 1.63. The number of H-pyrrole nitrogens is 1. The van der Waals surface area contributed by atoms with E-state index in [1.807, 2.05) is 17.5 Å². The molecule has 9 heteroatoms. The molecule has 0 fully saturated rings. The summed E-state index contributed by atoms with van der Waals surface area (Å²) in [5.74, 6) is -1.06. The van der Waals surface area contributed by atoms with Gasteiger partial charge in [0.2, 0.25) is 5.82 Å². The van der Waals surface area contributed by atoms with Crippen LogP contribution in [0.15, 0.2) is 29.9 Å². The Morgan fingerprint density at radius 3 is 2.92 bits per heavy atom. The highest BCUT2D eigenvalue weighted by atomic mass is 32.1. The van der Waals surface area contributed by atoms with Crippen LogP contribution in [0, 0.1) is 0 Å². The van der Waals surface area contributed by atoms with Crippen LogP contribution < -0.4 is 0 Å². The van der Waals surface area contributed by atoms with Gasteiger partial charge in [0.1, 0.15) is 0 Å². The van der Waals surface area contributed by atoms with E-state index in [4.69, 9.17) is 0 Å². The number of aromatic nitrogens is 4. The third-order valence-corrected chi connectivity index (χ3v) is 5.03. The molecule has 0 spiro atoms. The Kier molecular flexibility index (Phi) is 4.04. The summed E-state index contributed by atoms with van der Waals surface area (Å²) in [4.78, 5) is 10.4. The van der Waals surface area contributed by atoms with Crippen molar-refractivity contribution in [3.63, 3.8) is 0 Å². The average molecular weight is 365 g/mol. The van der Waals surface area contributed by atoms with Crippen molar-refractivity contribution in [3.05, 3.63) is 52.6 Å². The summed E-state index contributed by atoms with van der Waals surface area (Å²) in [7, 11) is 0. The van der Waals surface area contributed by atoms with Gasteiger partial charge in [0.25, 0.3) is 0 Å². The van der Waals surface area contributed by atoms with Gasteiger partial charge in [-0.3, -0.25) is 10.00 Å². The minimum absolute atomic E-state index is 0.479. The lowest BCUT2D eigenvalue weighted by Gasteiger charge is -2.28. The first kappa shape index (κ1) is 16.2. The van der Waals surface area contributed by atoms with Crippen molar-refractivity contribution in [2.45, 2.75) is 25.7 Å². The van der Waals surface area contributed by atoms with E-state index in [0.29, 0.717) is 31.7 Å². The van der Waals surface area contributed by atoms with E-state index >= 15 is 0 Å². The predicted octanol–water partition coefficient (Wildman–Crippen LogP) is 3.51. The van der Waals surface area contributed by atoms with Crippen molar-refractivity contribution < 1.29 is 13.2 Å². The van der Waals surface area contributed by atoms with Crippen molar-refractivity contribution in [2.24, 2.45) is 0 Å². The quantitative estimate of drug-likeness (QED) is 0.772. The van der Waals surface area contributed by atoms with Crippen LogP contribution in [0.25, 0.3) is 10.6 Å². The SMILES string of the molecule is FC(F)(F)c1ncc2c(n1)CCN(Cc1cn[nH]c1-c1cccs1)C2. The molecule has 0 aliphatic carbocycles. The fraction of sp³-hybridized carbons (Fsp3) is 0.312. The van der Waals surface area contributed by atoms with E-state index in [0.717, 1.165) is 21.7 Å². The second kappa shape index (κ2) is 6.23. The van der Waals surface area contributed by atoms with Crippen molar-refractivity contribution in [1.29, 1.82) is 0 Å². The number of alkyl halides is 3. The van der Waals surface area contributed by atoms with Gasteiger partial charge in [0.05, 0.1) is 22.5 Å². The highest BCUT2D eigenvalue weighted by Crippen LogP contribution is 2.30. The van der Waals surface area contributed by atoms with E-state index in [1.54, 1.807) is 17.5 Å². The molecule has 0 bridgehead atoms. The molecule has 4 heterocycles. The number of hydrogen-bond acceptors (Lipinski definition) is 5. The molecule has 0 aromatic carbocycles. The number of thiophene rings is 1. The lowest BCUT2D eigenvalue weighted by molar-refractivity contribution is -0.145. The van der Waals surface area contributed by atoms with Crippen LogP contribution in [0.5, 0.6) is 0 Å². The van der Waals surface area contributed by atoms with E-state index in [9.17, 15) is 13.2 Å². The molecule has 3 aromatic rings. The average Bonchev–Trinajstić information content (AvgIpc) is 3.24. The summed E-state index contributed by atoms with van der Waals surface area (Å²) in [5.41, 5.74) is 3.30. The largest absolute Gasteiger partial charge is 0.451 e. The third-order valence-electron chi connectivity index (χ3n) is 4.15. The second-order valence-electron chi connectivity index (χ2n) is 5.87. The molecular formula is C16H14F3N5S. The van der Waals surface area contributed by atoms with Crippen LogP contribution in [0.2, 0.25) is 0 Å². The molecule has 5 nitrogen and oxygen atoms in total. The van der Waals surface area contributed by atoms with Crippen LogP contribution in [-0.4, -0.2) is 31.6 Å². The third kappa shape index (κ3) is 3.29. The number of hydrogen-bond donors (Lipinski definition) is 1. The summed E-state index contributed by atoms with van der Waals surface area (Å²) < 4.78 is 38.2. The first-order chi connectivity index (χ1) is 12.0. The van der Waals surface area contributed by atoms with Gasteiger partial charge in [-0.05, 0) is 11.4 Å². The number of nitrogens with one attached hydrogen (secondary N) is 1. The zero-order chi connectivity index (χ0) is 17.4.